The zero-order chi connectivity index (χ0) is 22.8. The second-order valence-electron chi connectivity index (χ2n) is 6.79. The van der Waals surface area contributed by atoms with Gasteiger partial charge in [-0.25, -0.2) is 14.6 Å². The first-order valence-electron chi connectivity index (χ1n) is 10.1. The van der Waals surface area contributed by atoms with Crippen molar-refractivity contribution in [2.75, 3.05) is 20.3 Å². The summed E-state index contributed by atoms with van der Waals surface area (Å²) in [6, 6.07) is 8.45. The number of H-pyrrole nitrogens is 1. The van der Waals surface area contributed by atoms with Gasteiger partial charge >= 0.3 is 11.9 Å². The van der Waals surface area contributed by atoms with Gasteiger partial charge in [-0.1, -0.05) is 6.07 Å². The average Bonchev–Trinajstić information content (AvgIpc) is 3.40. The van der Waals surface area contributed by atoms with Crippen LogP contribution >= 0.6 is 0 Å². The van der Waals surface area contributed by atoms with E-state index < -0.39 is 11.9 Å². The van der Waals surface area contributed by atoms with Crippen LogP contribution in [0.1, 0.15) is 40.6 Å². The Morgan fingerprint density at radius 3 is 2.50 bits per heavy atom. The van der Waals surface area contributed by atoms with Crippen molar-refractivity contribution in [1.82, 2.24) is 9.97 Å². The highest BCUT2D eigenvalue weighted by Crippen LogP contribution is 2.42. The van der Waals surface area contributed by atoms with Gasteiger partial charge in [-0.3, -0.25) is 0 Å². The Hall–Kier alpha value is -4.01. The zero-order valence-electron chi connectivity index (χ0n) is 18.1. The summed E-state index contributed by atoms with van der Waals surface area (Å²) in [5.74, 6) is -0.280. The van der Waals surface area contributed by atoms with Crippen molar-refractivity contribution in [3.8, 4) is 17.4 Å². The fourth-order valence-electron chi connectivity index (χ4n) is 3.52. The predicted molar refractivity (Wildman–Crippen MR) is 116 cm³/mol. The molecule has 9 heteroatoms. The minimum Gasteiger partial charge on any atom is -0.493 e. The molecule has 0 spiro atoms. The number of pyridine rings is 1. The van der Waals surface area contributed by atoms with Gasteiger partial charge in [0.2, 0.25) is 5.76 Å². The van der Waals surface area contributed by atoms with Crippen molar-refractivity contribution in [3.63, 3.8) is 0 Å². The topological polar surface area (TPSA) is 113 Å². The largest absolute Gasteiger partial charge is 0.493 e. The third kappa shape index (κ3) is 3.62. The van der Waals surface area contributed by atoms with Crippen molar-refractivity contribution in [3.05, 3.63) is 47.5 Å². The summed E-state index contributed by atoms with van der Waals surface area (Å²) < 4.78 is 27.1. The van der Waals surface area contributed by atoms with Crippen molar-refractivity contribution in [2.45, 2.75) is 20.8 Å². The lowest BCUT2D eigenvalue weighted by Gasteiger charge is -2.11. The SMILES string of the molecule is CCOC(=O)c1ccc(Oc2cccc3[nH]c4c(C)nc(C(=O)OCC)c(OC)c4c23)o1. The number of carbonyl (C=O) groups excluding carboxylic acids is 2. The number of nitrogens with one attached hydrogen (secondary N) is 1. The first-order chi connectivity index (χ1) is 15.5. The summed E-state index contributed by atoms with van der Waals surface area (Å²) >= 11 is 0. The normalized spacial score (nSPS) is 11.0. The number of aryl methyl sites for hydroxylation is 1. The molecule has 1 aromatic carbocycles. The molecule has 3 heterocycles. The van der Waals surface area contributed by atoms with Gasteiger partial charge in [0, 0.05) is 6.07 Å². The molecule has 0 bridgehead atoms. The lowest BCUT2D eigenvalue weighted by Crippen LogP contribution is -2.10. The molecule has 0 atom stereocenters. The maximum atomic E-state index is 12.5. The van der Waals surface area contributed by atoms with Crippen molar-refractivity contribution < 1.29 is 33.0 Å². The van der Waals surface area contributed by atoms with Crippen LogP contribution in [-0.2, 0) is 9.47 Å². The highest BCUT2D eigenvalue weighted by atomic mass is 16.6. The monoisotopic (exact) mass is 438 g/mol. The van der Waals surface area contributed by atoms with Crippen LogP contribution < -0.4 is 9.47 Å². The van der Waals surface area contributed by atoms with Crippen LogP contribution in [0.25, 0.3) is 21.8 Å². The Bertz CT molecular complexity index is 1320. The van der Waals surface area contributed by atoms with Gasteiger partial charge in [0.1, 0.15) is 5.75 Å². The predicted octanol–water partition coefficient (Wildman–Crippen LogP) is 4.77. The Morgan fingerprint density at radius 2 is 1.78 bits per heavy atom. The van der Waals surface area contributed by atoms with Gasteiger partial charge in [-0.2, -0.15) is 0 Å². The Labute approximate surface area is 183 Å². The van der Waals surface area contributed by atoms with Crippen LogP contribution in [0.15, 0.2) is 34.7 Å². The molecule has 0 amide bonds. The summed E-state index contributed by atoms with van der Waals surface area (Å²) in [6.07, 6.45) is 0. The number of esters is 2. The highest BCUT2D eigenvalue weighted by molar-refractivity contribution is 6.16. The number of aromatic nitrogens is 2. The average molecular weight is 438 g/mol. The molecule has 9 nitrogen and oxygen atoms in total. The van der Waals surface area contributed by atoms with E-state index in [1.807, 2.05) is 12.1 Å². The number of fused-ring (bicyclic) bond motifs is 3. The number of benzene rings is 1. The maximum absolute atomic E-state index is 12.5. The number of nitrogens with zero attached hydrogens (tertiary/aromatic N) is 1. The van der Waals surface area contributed by atoms with Crippen LogP contribution in [0.2, 0.25) is 0 Å². The van der Waals surface area contributed by atoms with Crippen LogP contribution in [0, 0.1) is 6.92 Å². The second-order valence-corrected chi connectivity index (χ2v) is 6.79. The van der Waals surface area contributed by atoms with E-state index in [9.17, 15) is 9.59 Å². The smallest absolute Gasteiger partial charge is 0.374 e. The Balaban J connectivity index is 1.88. The molecule has 0 unspecified atom stereocenters. The fourth-order valence-corrected chi connectivity index (χ4v) is 3.52. The Morgan fingerprint density at radius 1 is 1.03 bits per heavy atom. The van der Waals surface area contributed by atoms with E-state index in [-0.39, 0.29) is 36.4 Å². The summed E-state index contributed by atoms with van der Waals surface area (Å²) in [5.41, 5.74) is 2.14. The van der Waals surface area contributed by atoms with E-state index in [0.29, 0.717) is 27.7 Å². The van der Waals surface area contributed by atoms with Crippen LogP contribution in [0.3, 0.4) is 0 Å². The summed E-state index contributed by atoms with van der Waals surface area (Å²) in [4.78, 5) is 32.1. The van der Waals surface area contributed by atoms with Crippen molar-refractivity contribution >= 4 is 33.7 Å². The van der Waals surface area contributed by atoms with E-state index in [0.717, 1.165) is 5.52 Å². The lowest BCUT2D eigenvalue weighted by molar-refractivity contribution is 0.0483. The number of furan rings is 1. The molecule has 4 aromatic rings. The standard InChI is InChI=1S/C23H22N2O7/c1-5-29-22(26)15-10-11-16(32-15)31-14-9-7-8-13-17(14)18-19(25-13)12(3)24-20(21(18)28-4)23(27)30-6-2/h7-11,25H,5-6H2,1-4H3. The first kappa shape index (κ1) is 21.2. The highest BCUT2D eigenvalue weighted by Gasteiger charge is 2.25. The molecule has 0 aliphatic rings. The molecular formula is C23H22N2O7. The molecular weight excluding hydrogens is 416 g/mol. The number of hydrogen-bond acceptors (Lipinski definition) is 8. The molecule has 0 saturated heterocycles. The number of aromatic amines is 1. The van der Waals surface area contributed by atoms with Crippen molar-refractivity contribution in [1.29, 1.82) is 0 Å². The fraction of sp³-hybridized carbons (Fsp3) is 0.261. The third-order valence-electron chi connectivity index (χ3n) is 4.81. The molecule has 166 valence electrons. The van der Waals surface area contributed by atoms with Crippen LogP contribution in [0.4, 0.5) is 0 Å². The zero-order valence-corrected chi connectivity index (χ0v) is 18.1. The molecule has 0 fully saturated rings. The van der Waals surface area contributed by atoms with Crippen LogP contribution in [0.5, 0.6) is 17.4 Å². The second kappa shape index (κ2) is 8.62. The number of methoxy groups -OCH3 is 1. The lowest BCUT2D eigenvalue weighted by atomic mass is 10.1. The molecule has 0 aliphatic carbocycles. The van der Waals surface area contributed by atoms with Gasteiger partial charge in [0.25, 0.3) is 5.95 Å². The van der Waals surface area contributed by atoms with Gasteiger partial charge in [-0.05, 0) is 39.0 Å². The molecule has 0 saturated carbocycles. The van der Waals surface area contributed by atoms with Gasteiger partial charge < -0.3 is 28.3 Å². The van der Waals surface area contributed by atoms with E-state index in [4.69, 9.17) is 23.4 Å². The maximum Gasteiger partial charge on any atom is 0.374 e. The number of hydrogen-bond donors (Lipinski definition) is 1. The van der Waals surface area contributed by atoms with Gasteiger partial charge in [0.15, 0.2) is 11.4 Å². The number of carbonyl (C=O) groups is 2. The van der Waals surface area contributed by atoms with E-state index in [1.165, 1.54) is 19.2 Å². The minimum absolute atomic E-state index is 0.0372. The molecule has 1 N–H and O–H groups in total. The molecule has 3 aromatic heterocycles. The number of ether oxygens (including phenoxy) is 4. The van der Waals surface area contributed by atoms with Gasteiger partial charge in [-0.15, -0.1) is 0 Å². The first-order valence-corrected chi connectivity index (χ1v) is 10.1. The molecule has 4 rings (SSSR count). The third-order valence-corrected chi connectivity index (χ3v) is 4.81. The number of rotatable bonds is 7. The quantitative estimate of drug-likeness (QED) is 0.411. The van der Waals surface area contributed by atoms with E-state index >= 15 is 0 Å². The molecule has 0 aliphatic heterocycles. The Kier molecular flexibility index (Phi) is 5.72. The van der Waals surface area contributed by atoms with Crippen molar-refractivity contribution in [2.24, 2.45) is 0 Å². The summed E-state index contributed by atoms with van der Waals surface area (Å²) in [6.45, 7) is 5.68. The molecule has 32 heavy (non-hydrogen) atoms. The van der Waals surface area contributed by atoms with Gasteiger partial charge in [0.05, 0.1) is 47.8 Å². The molecule has 0 radical (unpaired) electrons. The van der Waals surface area contributed by atoms with E-state index in [2.05, 4.69) is 9.97 Å². The van der Waals surface area contributed by atoms with Crippen LogP contribution in [-0.4, -0.2) is 42.2 Å². The summed E-state index contributed by atoms with van der Waals surface area (Å²) in [5, 5.41) is 1.30. The summed E-state index contributed by atoms with van der Waals surface area (Å²) in [7, 11) is 1.47. The van der Waals surface area contributed by atoms with E-state index in [1.54, 1.807) is 26.8 Å². The minimum atomic E-state index is -0.577.